The number of fused-ring (bicyclic) bond motifs is 1. The lowest BCUT2D eigenvalue weighted by Gasteiger charge is -2.26. The summed E-state index contributed by atoms with van der Waals surface area (Å²) in [4.78, 5) is 27.4. The fourth-order valence-electron chi connectivity index (χ4n) is 3.97. The average molecular weight is 340 g/mol. The smallest absolute Gasteiger partial charge is 0.407 e. The Morgan fingerprint density at radius 2 is 2.12 bits per heavy atom. The van der Waals surface area contributed by atoms with Crippen molar-refractivity contribution in [2.45, 2.75) is 32.2 Å². The van der Waals surface area contributed by atoms with Crippen LogP contribution < -0.4 is 4.90 Å². The molecule has 0 spiro atoms. The number of anilines is 1. The first-order valence-electron chi connectivity index (χ1n) is 8.51. The van der Waals surface area contributed by atoms with Crippen LogP contribution in [0.25, 0.3) is 11.1 Å². The van der Waals surface area contributed by atoms with E-state index >= 15 is 0 Å². The Morgan fingerprint density at radius 1 is 1.28 bits per heavy atom. The molecule has 2 aliphatic heterocycles. The Bertz CT molecular complexity index is 845. The maximum atomic E-state index is 13.0. The summed E-state index contributed by atoms with van der Waals surface area (Å²) in [6, 6.07) is 5.36. The van der Waals surface area contributed by atoms with Gasteiger partial charge in [-0.15, -0.1) is 0 Å². The van der Waals surface area contributed by atoms with Crippen molar-refractivity contribution in [3.63, 3.8) is 0 Å². The minimum Gasteiger partial charge on any atom is -0.465 e. The van der Waals surface area contributed by atoms with E-state index in [-0.39, 0.29) is 5.91 Å². The highest BCUT2D eigenvalue weighted by Gasteiger charge is 2.39. The maximum Gasteiger partial charge on any atom is 0.407 e. The fraction of sp³-hybridized carbons (Fsp3) is 0.389. The molecule has 1 saturated heterocycles. The number of hydrogen-bond donors (Lipinski definition) is 2. The van der Waals surface area contributed by atoms with Gasteiger partial charge in [0.15, 0.2) is 0 Å². The van der Waals surface area contributed by atoms with Crippen LogP contribution in [0.15, 0.2) is 24.4 Å². The molecule has 1 fully saturated rings. The van der Waals surface area contributed by atoms with Gasteiger partial charge < -0.3 is 10.0 Å². The summed E-state index contributed by atoms with van der Waals surface area (Å²) in [5, 5.41) is 16.4. The zero-order valence-electron chi connectivity index (χ0n) is 14.0. The molecule has 2 N–H and O–H groups in total. The molecule has 1 aromatic carbocycles. The topological polar surface area (TPSA) is 89.5 Å². The van der Waals surface area contributed by atoms with Gasteiger partial charge in [0.2, 0.25) is 5.91 Å². The first kappa shape index (κ1) is 15.7. The largest absolute Gasteiger partial charge is 0.465 e. The van der Waals surface area contributed by atoms with Crippen molar-refractivity contribution < 1.29 is 14.7 Å². The molecule has 1 atom stereocenters. The van der Waals surface area contributed by atoms with Crippen LogP contribution in [0, 0.1) is 6.92 Å². The Labute approximate surface area is 145 Å². The zero-order valence-corrected chi connectivity index (χ0v) is 14.0. The normalized spacial score (nSPS) is 19.3. The van der Waals surface area contributed by atoms with Crippen molar-refractivity contribution in [2.75, 3.05) is 18.0 Å². The molecule has 1 unspecified atom stereocenters. The summed E-state index contributed by atoms with van der Waals surface area (Å²) in [7, 11) is 0. The van der Waals surface area contributed by atoms with E-state index in [2.05, 4.69) is 10.2 Å². The van der Waals surface area contributed by atoms with Crippen molar-refractivity contribution in [1.82, 2.24) is 15.1 Å². The lowest BCUT2D eigenvalue weighted by molar-refractivity contribution is -0.122. The Balaban J connectivity index is 1.68. The molecule has 2 amide bonds. The molecule has 2 aromatic rings. The highest BCUT2D eigenvalue weighted by Crippen LogP contribution is 2.38. The second-order valence-electron chi connectivity index (χ2n) is 6.59. The summed E-state index contributed by atoms with van der Waals surface area (Å²) in [6.45, 7) is 3.00. The summed E-state index contributed by atoms with van der Waals surface area (Å²) >= 11 is 0. The molecular weight excluding hydrogens is 320 g/mol. The summed E-state index contributed by atoms with van der Waals surface area (Å²) < 4.78 is 0. The third-order valence-electron chi connectivity index (χ3n) is 5.20. The van der Waals surface area contributed by atoms with Gasteiger partial charge in [-0.25, -0.2) is 4.79 Å². The lowest BCUT2D eigenvalue weighted by atomic mass is 9.98. The van der Waals surface area contributed by atoms with Crippen LogP contribution in [-0.4, -0.2) is 51.3 Å². The van der Waals surface area contributed by atoms with E-state index in [0.717, 1.165) is 40.9 Å². The first-order chi connectivity index (χ1) is 12.1. The van der Waals surface area contributed by atoms with Gasteiger partial charge in [0, 0.05) is 30.0 Å². The molecule has 0 aliphatic carbocycles. The molecule has 2 aliphatic rings. The molecular formula is C18H20N4O3. The minimum absolute atomic E-state index is 0.111. The highest BCUT2D eigenvalue weighted by atomic mass is 16.4. The van der Waals surface area contributed by atoms with Crippen LogP contribution in [0.3, 0.4) is 0 Å². The molecule has 130 valence electrons. The third-order valence-corrected chi connectivity index (χ3v) is 5.20. The van der Waals surface area contributed by atoms with Crippen LogP contribution in [0.1, 0.15) is 24.1 Å². The molecule has 7 heteroatoms. The van der Waals surface area contributed by atoms with E-state index in [0.29, 0.717) is 19.5 Å². The van der Waals surface area contributed by atoms with Crippen molar-refractivity contribution in [3.8, 4) is 11.1 Å². The molecule has 3 heterocycles. The molecule has 7 nitrogen and oxygen atoms in total. The van der Waals surface area contributed by atoms with Gasteiger partial charge in [-0.05, 0) is 43.4 Å². The minimum atomic E-state index is -1.02. The summed E-state index contributed by atoms with van der Waals surface area (Å²) in [6.07, 6.45) is 2.88. The Kier molecular flexibility index (Phi) is 3.71. The Hall–Kier alpha value is -2.83. The van der Waals surface area contributed by atoms with Crippen molar-refractivity contribution in [3.05, 3.63) is 35.7 Å². The predicted octanol–water partition coefficient (Wildman–Crippen LogP) is 2.42. The van der Waals surface area contributed by atoms with Gasteiger partial charge in [-0.1, -0.05) is 12.1 Å². The first-order valence-corrected chi connectivity index (χ1v) is 8.51. The monoisotopic (exact) mass is 340 g/mol. The van der Waals surface area contributed by atoms with Gasteiger partial charge in [0.1, 0.15) is 6.04 Å². The van der Waals surface area contributed by atoms with Gasteiger partial charge in [-0.3, -0.25) is 14.8 Å². The quantitative estimate of drug-likeness (QED) is 0.878. The van der Waals surface area contributed by atoms with Crippen LogP contribution in [0.2, 0.25) is 0 Å². The van der Waals surface area contributed by atoms with Crippen molar-refractivity contribution in [1.29, 1.82) is 0 Å². The SMILES string of the molecule is Cc1[nH]ncc1-c1cccc2c1CCN2C(=O)C1CCCN1C(=O)O. The Morgan fingerprint density at radius 3 is 2.84 bits per heavy atom. The highest BCUT2D eigenvalue weighted by molar-refractivity contribution is 6.01. The van der Waals surface area contributed by atoms with Gasteiger partial charge in [0.25, 0.3) is 0 Å². The number of carboxylic acid groups (broad SMARTS) is 1. The number of nitrogens with one attached hydrogen (secondary N) is 1. The second kappa shape index (κ2) is 5.91. The number of aromatic amines is 1. The number of amides is 2. The number of H-pyrrole nitrogens is 1. The molecule has 0 bridgehead atoms. The van der Waals surface area contributed by atoms with Crippen LogP contribution >= 0.6 is 0 Å². The van der Waals surface area contributed by atoms with E-state index in [9.17, 15) is 14.7 Å². The van der Waals surface area contributed by atoms with E-state index in [1.807, 2.05) is 25.1 Å². The molecule has 1 aromatic heterocycles. The molecule has 0 radical (unpaired) electrons. The van der Waals surface area contributed by atoms with E-state index in [1.165, 1.54) is 4.90 Å². The number of carbonyl (C=O) groups is 2. The van der Waals surface area contributed by atoms with E-state index in [4.69, 9.17) is 0 Å². The average Bonchev–Trinajstić information content (AvgIpc) is 3.32. The van der Waals surface area contributed by atoms with Crippen LogP contribution in [-0.2, 0) is 11.2 Å². The number of hydrogen-bond acceptors (Lipinski definition) is 3. The maximum absolute atomic E-state index is 13.0. The van der Waals surface area contributed by atoms with Crippen molar-refractivity contribution >= 4 is 17.7 Å². The predicted molar refractivity (Wildman–Crippen MR) is 92.6 cm³/mol. The number of aryl methyl sites for hydroxylation is 1. The number of likely N-dealkylation sites (tertiary alicyclic amines) is 1. The van der Waals surface area contributed by atoms with Crippen LogP contribution in [0.4, 0.5) is 10.5 Å². The number of nitrogens with zero attached hydrogens (tertiary/aromatic N) is 3. The number of carbonyl (C=O) groups excluding carboxylic acids is 1. The summed E-state index contributed by atoms with van der Waals surface area (Å²) in [5.41, 5.74) is 5.13. The number of aromatic nitrogens is 2. The zero-order chi connectivity index (χ0) is 17.6. The number of benzene rings is 1. The molecule has 4 rings (SSSR count). The second-order valence-corrected chi connectivity index (χ2v) is 6.59. The van der Waals surface area contributed by atoms with Crippen LogP contribution in [0.5, 0.6) is 0 Å². The standard InChI is InChI=1S/C18H20N4O3/c1-11-14(10-19-20-11)12-4-2-5-15-13(12)7-9-21(15)17(23)16-6-3-8-22(16)18(24)25/h2,4-5,10,16H,3,6-9H2,1H3,(H,19,20)(H,24,25). The van der Waals surface area contributed by atoms with Gasteiger partial charge in [0.05, 0.1) is 6.20 Å². The summed E-state index contributed by atoms with van der Waals surface area (Å²) in [5.74, 6) is -0.111. The van der Waals surface area contributed by atoms with Gasteiger partial charge >= 0.3 is 6.09 Å². The molecule has 25 heavy (non-hydrogen) atoms. The lowest BCUT2D eigenvalue weighted by Crippen LogP contribution is -2.47. The van der Waals surface area contributed by atoms with Crippen molar-refractivity contribution in [2.24, 2.45) is 0 Å². The fourth-order valence-corrected chi connectivity index (χ4v) is 3.97. The number of rotatable bonds is 2. The van der Waals surface area contributed by atoms with E-state index < -0.39 is 12.1 Å². The third kappa shape index (κ3) is 2.47. The van der Waals surface area contributed by atoms with E-state index in [1.54, 1.807) is 11.1 Å². The van der Waals surface area contributed by atoms with Gasteiger partial charge in [-0.2, -0.15) is 5.10 Å². The molecule has 0 saturated carbocycles.